The van der Waals surface area contributed by atoms with Crippen LogP contribution in [0.2, 0.25) is 0 Å². The molecule has 1 heterocycles. The first-order valence-corrected chi connectivity index (χ1v) is 4.36. The number of halogens is 2. The van der Waals surface area contributed by atoms with E-state index in [0.717, 1.165) is 0 Å². The first-order valence-electron chi connectivity index (χ1n) is 4.36. The highest BCUT2D eigenvalue weighted by Gasteiger charge is 2.18. The lowest BCUT2D eigenvalue weighted by Crippen LogP contribution is -2.04. The van der Waals surface area contributed by atoms with E-state index in [1.807, 2.05) is 5.10 Å². The third kappa shape index (κ3) is 1.92. The number of H-pyrrole nitrogens is 2. The molecule has 0 bridgehead atoms. The standard InChI is InChI=1S/C9H5F2N3O3/c10-5-1-3(7-12-9(17)14-13-7)4(8(15)16)2-6(5)11/h1-2H,(H,15,16)(H2,12,13,14,17). The van der Waals surface area contributed by atoms with E-state index in [0.29, 0.717) is 12.1 Å². The van der Waals surface area contributed by atoms with Crippen molar-refractivity contribution in [3.05, 3.63) is 39.8 Å². The van der Waals surface area contributed by atoms with Crippen LogP contribution in [0.25, 0.3) is 11.4 Å². The Balaban J connectivity index is 2.71. The van der Waals surface area contributed by atoms with E-state index < -0.39 is 28.9 Å². The van der Waals surface area contributed by atoms with Gasteiger partial charge in [0.05, 0.1) is 5.56 Å². The van der Waals surface area contributed by atoms with Crippen molar-refractivity contribution in [2.24, 2.45) is 0 Å². The summed E-state index contributed by atoms with van der Waals surface area (Å²) in [4.78, 5) is 23.8. The molecular formula is C9H5F2N3O3. The molecule has 1 aromatic heterocycles. The van der Waals surface area contributed by atoms with Gasteiger partial charge in [0.25, 0.3) is 0 Å². The molecule has 6 nitrogen and oxygen atoms in total. The number of carboxylic acids is 1. The summed E-state index contributed by atoms with van der Waals surface area (Å²) in [6.07, 6.45) is 0. The van der Waals surface area contributed by atoms with Crippen LogP contribution in [-0.4, -0.2) is 26.3 Å². The lowest BCUT2D eigenvalue weighted by atomic mass is 10.1. The second kappa shape index (κ2) is 3.81. The van der Waals surface area contributed by atoms with Crippen molar-refractivity contribution in [3.63, 3.8) is 0 Å². The van der Waals surface area contributed by atoms with E-state index in [1.165, 1.54) is 0 Å². The lowest BCUT2D eigenvalue weighted by molar-refractivity contribution is 0.0697. The molecule has 0 amide bonds. The zero-order valence-electron chi connectivity index (χ0n) is 8.12. The van der Waals surface area contributed by atoms with E-state index in [2.05, 4.69) is 10.1 Å². The third-order valence-corrected chi connectivity index (χ3v) is 2.05. The summed E-state index contributed by atoms with van der Waals surface area (Å²) in [5.41, 5.74) is -1.39. The highest BCUT2D eigenvalue weighted by Crippen LogP contribution is 2.22. The monoisotopic (exact) mass is 241 g/mol. The van der Waals surface area contributed by atoms with Gasteiger partial charge in [-0.25, -0.2) is 23.5 Å². The van der Waals surface area contributed by atoms with E-state index >= 15 is 0 Å². The van der Waals surface area contributed by atoms with Crippen LogP contribution in [0.5, 0.6) is 0 Å². The number of hydrogen-bond acceptors (Lipinski definition) is 3. The van der Waals surface area contributed by atoms with Crippen molar-refractivity contribution >= 4 is 5.97 Å². The first kappa shape index (κ1) is 11.0. The normalized spacial score (nSPS) is 10.5. The van der Waals surface area contributed by atoms with Gasteiger partial charge in [-0.15, -0.1) is 0 Å². The number of rotatable bonds is 2. The summed E-state index contributed by atoms with van der Waals surface area (Å²) in [5.74, 6) is -4.15. The average Bonchev–Trinajstić information content (AvgIpc) is 2.68. The zero-order chi connectivity index (χ0) is 12.6. The van der Waals surface area contributed by atoms with Gasteiger partial charge in [-0.05, 0) is 12.1 Å². The summed E-state index contributed by atoms with van der Waals surface area (Å²) in [7, 11) is 0. The summed E-state index contributed by atoms with van der Waals surface area (Å²) in [6, 6.07) is 1.19. The fraction of sp³-hybridized carbons (Fsp3) is 0. The Hall–Kier alpha value is -2.51. The molecule has 0 atom stereocenters. The van der Waals surface area contributed by atoms with Gasteiger partial charge in [-0.3, -0.25) is 4.98 Å². The number of nitrogens with zero attached hydrogens (tertiary/aromatic N) is 1. The quantitative estimate of drug-likeness (QED) is 0.722. The number of carbonyl (C=O) groups is 1. The molecule has 3 N–H and O–H groups in total. The highest BCUT2D eigenvalue weighted by atomic mass is 19.2. The molecule has 0 unspecified atom stereocenters. The molecule has 17 heavy (non-hydrogen) atoms. The molecule has 88 valence electrons. The second-order valence-electron chi connectivity index (χ2n) is 3.14. The molecule has 0 aliphatic rings. The maximum absolute atomic E-state index is 13.0. The number of hydrogen-bond donors (Lipinski definition) is 3. The van der Waals surface area contributed by atoms with Crippen molar-refractivity contribution in [1.82, 2.24) is 15.2 Å². The average molecular weight is 241 g/mol. The van der Waals surface area contributed by atoms with Crippen LogP contribution in [0.3, 0.4) is 0 Å². The Bertz CT molecular complexity index is 647. The molecule has 8 heteroatoms. The Morgan fingerprint density at radius 3 is 2.47 bits per heavy atom. The predicted octanol–water partition coefficient (Wildman–Crippen LogP) is 0.741. The number of aromatic amines is 2. The molecule has 2 rings (SSSR count). The highest BCUT2D eigenvalue weighted by molar-refractivity contribution is 5.94. The van der Waals surface area contributed by atoms with Crippen LogP contribution < -0.4 is 5.69 Å². The Kier molecular flexibility index (Phi) is 2.47. The van der Waals surface area contributed by atoms with Crippen molar-refractivity contribution in [1.29, 1.82) is 0 Å². The summed E-state index contributed by atoms with van der Waals surface area (Å²) in [6.45, 7) is 0. The molecule has 0 spiro atoms. The molecule has 0 fully saturated rings. The molecule has 0 aliphatic heterocycles. The lowest BCUT2D eigenvalue weighted by Gasteiger charge is -2.03. The van der Waals surface area contributed by atoms with Crippen LogP contribution in [0, 0.1) is 11.6 Å². The molecule has 2 aromatic rings. The van der Waals surface area contributed by atoms with Gasteiger partial charge in [-0.1, -0.05) is 0 Å². The van der Waals surface area contributed by atoms with Gasteiger partial charge in [0.1, 0.15) is 0 Å². The van der Waals surface area contributed by atoms with Crippen molar-refractivity contribution in [3.8, 4) is 11.4 Å². The van der Waals surface area contributed by atoms with Crippen molar-refractivity contribution in [2.45, 2.75) is 0 Å². The molecule has 0 radical (unpaired) electrons. The van der Waals surface area contributed by atoms with Crippen LogP contribution in [-0.2, 0) is 0 Å². The molecule has 0 saturated heterocycles. The van der Waals surface area contributed by atoms with E-state index in [1.54, 1.807) is 0 Å². The van der Waals surface area contributed by atoms with E-state index in [-0.39, 0.29) is 11.4 Å². The van der Waals surface area contributed by atoms with Gasteiger partial charge in [0.2, 0.25) is 0 Å². The SMILES string of the molecule is O=C(O)c1cc(F)c(F)cc1-c1n[nH]c(=O)[nH]1. The minimum atomic E-state index is -1.46. The second-order valence-corrected chi connectivity index (χ2v) is 3.14. The Labute approximate surface area is 91.9 Å². The first-order chi connectivity index (χ1) is 7.99. The fourth-order valence-electron chi connectivity index (χ4n) is 1.32. The van der Waals surface area contributed by atoms with Crippen LogP contribution in [0.4, 0.5) is 8.78 Å². The summed E-state index contributed by atoms with van der Waals surface area (Å²) >= 11 is 0. The van der Waals surface area contributed by atoms with E-state index in [4.69, 9.17) is 5.11 Å². The van der Waals surface area contributed by atoms with Gasteiger partial charge >= 0.3 is 11.7 Å². The van der Waals surface area contributed by atoms with Crippen LogP contribution >= 0.6 is 0 Å². The van der Waals surface area contributed by atoms with Crippen molar-refractivity contribution in [2.75, 3.05) is 0 Å². The molecular weight excluding hydrogens is 236 g/mol. The number of aromatic carboxylic acids is 1. The topological polar surface area (TPSA) is 98.8 Å². The van der Waals surface area contributed by atoms with Gasteiger partial charge < -0.3 is 5.11 Å². The van der Waals surface area contributed by atoms with Crippen LogP contribution in [0.1, 0.15) is 10.4 Å². The van der Waals surface area contributed by atoms with Crippen LogP contribution in [0.15, 0.2) is 16.9 Å². The van der Waals surface area contributed by atoms with Crippen molar-refractivity contribution < 1.29 is 18.7 Å². The minimum absolute atomic E-state index is 0.175. The smallest absolute Gasteiger partial charge is 0.340 e. The van der Waals surface area contributed by atoms with Gasteiger partial charge in [0.15, 0.2) is 17.5 Å². The molecule has 1 aromatic carbocycles. The maximum Gasteiger partial charge on any atom is 0.340 e. The fourth-order valence-corrected chi connectivity index (χ4v) is 1.32. The van der Waals surface area contributed by atoms with Gasteiger partial charge in [0, 0.05) is 5.56 Å². The number of aromatic nitrogens is 3. The minimum Gasteiger partial charge on any atom is -0.478 e. The summed E-state index contributed by atoms with van der Waals surface area (Å²) < 4.78 is 25.9. The molecule has 0 aliphatic carbocycles. The van der Waals surface area contributed by atoms with Gasteiger partial charge in [-0.2, -0.15) is 5.10 Å². The maximum atomic E-state index is 13.0. The van der Waals surface area contributed by atoms with E-state index in [9.17, 15) is 18.4 Å². The predicted molar refractivity (Wildman–Crippen MR) is 51.5 cm³/mol. The largest absolute Gasteiger partial charge is 0.478 e. The number of nitrogens with one attached hydrogen (secondary N) is 2. The molecule has 0 saturated carbocycles. The number of carboxylic acid groups (broad SMARTS) is 1. The zero-order valence-corrected chi connectivity index (χ0v) is 8.12. The number of benzene rings is 1. The Morgan fingerprint density at radius 1 is 1.29 bits per heavy atom. The summed E-state index contributed by atoms with van der Waals surface area (Å²) in [5, 5.41) is 14.3. The Morgan fingerprint density at radius 2 is 1.94 bits per heavy atom. The third-order valence-electron chi connectivity index (χ3n) is 2.05.